The van der Waals surface area contributed by atoms with Crippen LogP contribution in [0.4, 0.5) is 5.69 Å². The van der Waals surface area contributed by atoms with E-state index in [0.29, 0.717) is 25.6 Å². The fourth-order valence-electron chi connectivity index (χ4n) is 2.36. The van der Waals surface area contributed by atoms with Crippen molar-refractivity contribution in [2.45, 2.75) is 0 Å². The summed E-state index contributed by atoms with van der Waals surface area (Å²) in [7, 11) is 0. The minimum atomic E-state index is -0.461. The van der Waals surface area contributed by atoms with Gasteiger partial charge in [-0.1, -0.05) is 46.7 Å². The van der Waals surface area contributed by atoms with Gasteiger partial charge in [-0.15, -0.1) is 0 Å². The molecule has 124 valence electrons. The lowest BCUT2D eigenvalue weighted by molar-refractivity contribution is -0.384. The first-order valence-corrected chi connectivity index (χ1v) is 8.65. The molecule has 0 saturated heterocycles. The van der Waals surface area contributed by atoms with Gasteiger partial charge in [-0.2, -0.15) is 5.10 Å². The Bertz CT molecular complexity index is 1070. The van der Waals surface area contributed by atoms with Crippen molar-refractivity contribution < 1.29 is 4.92 Å². The fraction of sp³-hybridized carbons (Fsp3) is 0. The molecule has 0 radical (unpaired) electrons. The third kappa shape index (κ3) is 2.97. The third-order valence-corrected chi connectivity index (χ3v) is 5.11. The molecule has 2 heterocycles. The molecule has 0 atom stereocenters. The summed E-state index contributed by atoms with van der Waals surface area (Å²) < 4.78 is 1.64. The maximum atomic E-state index is 11.0. The van der Waals surface area contributed by atoms with Gasteiger partial charge in [-0.25, -0.2) is 9.50 Å². The second-order valence-electron chi connectivity index (χ2n) is 5.19. The van der Waals surface area contributed by atoms with E-state index in [1.54, 1.807) is 22.8 Å². The quantitative estimate of drug-likeness (QED) is 0.349. The molecule has 0 N–H and O–H groups in total. The zero-order valence-corrected chi connectivity index (χ0v) is 14.7. The van der Waals surface area contributed by atoms with Crippen LogP contribution in [0.5, 0.6) is 0 Å². The molecule has 0 unspecified atom stereocenters. The van der Waals surface area contributed by atoms with Gasteiger partial charge in [-0.3, -0.25) is 10.1 Å². The number of benzene rings is 2. The number of rotatable bonds is 3. The second-order valence-corrected chi connectivity index (χ2v) is 6.99. The molecule has 0 saturated carbocycles. The highest BCUT2D eigenvalue weighted by Gasteiger charge is 2.16. The monoisotopic (exact) mass is 390 g/mol. The first kappa shape index (κ1) is 16.0. The fourth-order valence-corrected chi connectivity index (χ4v) is 3.66. The Kier molecular flexibility index (Phi) is 3.91. The number of aromatic nitrogens is 3. The second kappa shape index (κ2) is 6.11. The summed E-state index contributed by atoms with van der Waals surface area (Å²) in [6.07, 6.45) is 1.80. The van der Waals surface area contributed by atoms with E-state index >= 15 is 0 Å². The van der Waals surface area contributed by atoms with Crippen molar-refractivity contribution in [3.05, 3.63) is 68.8 Å². The molecule has 9 heteroatoms. The van der Waals surface area contributed by atoms with Crippen molar-refractivity contribution in [3.63, 3.8) is 0 Å². The summed E-state index contributed by atoms with van der Waals surface area (Å²) in [4.78, 5) is 15.7. The highest BCUT2D eigenvalue weighted by atomic mass is 35.5. The van der Waals surface area contributed by atoms with E-state index in [4.69, 9.17) is 23.2 Å². The lowest BCUT2D eigenvalue weighted by Gasteiger charge is -1.99. The zero-order chi connectivity index (χ0) is 17.6. The summed E-state index contributed by atoms with van der Waals surface area (Å²) in [5.74, 6) is 0. The summed E-state index contributed by atoms with van der Waals surface area (Å²) in [5.41, 5.74) is 2.18. The van der Waals surface area contributed by atoms with Crippen LogP contribution in [0.3, 0.4) is 0 Å². The van der Waals surface area contributed by atoms with E-state index in [2.05, 4.69) is 10.1 Å². The highest BCUT2D eigenvalue weighted by Crippen LogP contribution is 2.34. The maximum Gasteiger partial charge on any atom is 0.270 e. The Morgan fingerprint density at radius 3 is 2.56 bits per heavy atom. The van der Waals surface area contributed by atoms with Gasteiger partial charge >= 0.3 is 0 Å². The molecule has 0 aliphatic rings. The number of fused-ring (bicyclic) bond motifs is 1. The Morgan fingerprint density at radius 1 is 1.12 bits per heavy atom. The smallest absolute Gasteiger partial charge is 0.258 e. The van der Waals surface area contributed by atoms with E-state index < -0.39 is 4.92 Å². The van der Waals surface area contributed by atoms with E-state index in [0.717, 1.165) is 11.3 Å². The maximum absolute atomic E-state index is 11.0. The van der Waals surface area contributed by atoms with Gasteiger partial charge in [0.25, 0.3) is 5.69 Å². The van der Waals surface area contributed by atoms with Gasteiger partial charge in [0.1, 0.15) is 5.01 Å². The molecule has 25 heavy (non-hydrogen) atoms. The van der Waals surface area contributed by atoms with Crippen molar-refractivity contribution in [1.82, 2.24) is 14.6 Å². The molecule has 2 aromatic heterocycles. The average molecular weight is 391 g/mol. The number of imidazole rings is 1. The lowest BCUT2D eigenvalue weighted by atomic mass is 10.2. The molecule has 0 spiro atoms. The topological polar surface area (TPSA) is 73.3 Å². The van der Waals surface area contributed by atoms with Crippen LogP contribution >= 0.6 is 34.5 Å². The van der Waals surface area contributed by atoms with E-state index in [1.807, 2.05) is 12.1 Å². The number of hydrogen-bond acceptors (Lipinski definition) is 5. The molecule has 2 aromatic carbocycles. The molecule has 6 nitrogen and oxygen atoms in total. The van der Waals surface area contributed by atoms with Crippen LogP contribution in [0.25, 0.3) is 26.8 Å². The lowest BCUT2D eigenvalue weighted by Crippen LogP contribution is -1.89. The highest BCUT2D eigenvalue weighted by molar-refractivity contribution is 7.19. The normalized spacial score (nSPS) is 11.1. The number of nitro groups is 1. The van der Waals surface area contributed by atoms with Gasteiger partial charge in [0.15, 0.2) is 0 Å². The SMILES string of the molecule is O=[N+]([O-])c1ccc(Cl)c(-c2nn3cc(-c4ccc(Cl)cc4)nc3s2)c1. The predicted molar refractivity (Wildman–Crippen MR) is 98.4 cm³/mol. The van der Waals surface area contributed by atoms with Crippen molar-refractivity contribution in [2.24, 2.45) is 0 Å². The minimum Gasteiger partial charge on any atom is -0.258 e. The summed E-state index contributed by atoms with van der Waals surface area (Å²) in [6, 6.07) is 11.6. The van der Waals surface area contributed by atoms with Crippen LogP contribution in [0.2, 0.25) is 10.0 Å². The Balaban J connectivity index is 1.76. The first-order valence-electron chi connectivity index (χ1n) is 7.08. The van der Waals surface area contributed by atoms with Crippen LogP contribution in [-0.4, -0.2) is 19.5 Å². The van der Waals surface area contributed by atoms with Gasteiger partial charge in [0.05, 0.1) is 21.8 Å². The van der Waals surface area contributed by atoms with E-state index in [-0.39, 0.29) is 5.69 Å². The van der Waals surface area contributed by atoms with Crippen LogP contribution in [0, 0.1) is 10.1 Å². The molecular weight excluding hydrogens is 383 g/mol. The van der Waals surface area contributed by atoms with Gasteiger partial charge in [-0.05, 0) is 18.2 Å². The molecule has 0 fully saturated rings. The van der Waals surface area contributed by atoms with Crippen molar-refractivity contribution in [3.8, 4) is 21.8 Å². The van der Waals surface area contributed by atoms with Gasteiger partial charge < -0.3 is 0 Å². The number of nitrogens with zero attached hydrogens (tertiary/aromatic N) is 4. The molecular formula is C16H8Cl2N4O2S. The number of non-ortho nitro benzene ring substituents is 1. The molecule has 4 rings (SSSR count). The average Bonchev–Trinajstić information content (AvgIpc) is 3.14. The molecule has 0 aliphatic carbocycles. The molecule has 0 aliphatic heterocycles. The molecule has 0 bridgehead atoms. The van der Waals surface area contributed by atoms with Crippen LogP contribution in [-0.2, 0) is 0 Å². The van der Waals surface area contributed by atoms with Crippen molar-refractivity contribution in [2.75, 3.05) is 0 Å². The standard InChI is InChI=1S/C16H8Cl2N4O2S/c17-10-3-1-9(2-4-10)14-8-21-16(19-14)25-15(20-21)12-7-11(22(23)24)5-6-13(12)18/h1-8H. The van der Waals surface area contributed by atoms with Crippen LogP contribution in [0.1, 0.15) is 0 Å². The Morgan fingerprint density at radius 2 is 1.88 bits per heavy atom. The largest absolute Gasteiger partial charge is 0.270 e. The Hall–Kier alpha value is -2.48. The number of nitro benzene ring substituents is 1. The van der Waals surface area contributed by atoms with E-state index in [9.17, 15) is 10.1 Å². The van der Waals surface area contributed by atoms with Gasteiger partial charge in [0, 0.05) is 28.3 Å². The summed E-state index contributed by atoms with van der Waals surface area (Å²) in [6.45, 7) is 0. The van der Waals surface area contributed by atoms with Crippen LogP contribution < -0.4 is 0 Å². The molecule has 4 aromatic rings. The summed E-state index contributed by atoms with van der Waals surface area (Å²) in [5, 5.41) is 17.0. The number of hydrogen-bond donors (Lipinski definition) is 0. The van der Waals surface area contributed by atoms with Crippen molar-refractivity contribution in [1.29, 1.82) is 0 Å². The van der Waals surface area contributed by atoms with Gasteiger partial charge in [0.2, 0.25) is 4.96 Å². The zero-order valence-electron chi connectivity index (χ0n) is 12.4. The first-order chi connectivity index (χ1) is 12.0. The summed E-state index contributed by atoms with van der Waals surface area (Å²) >= 11 is 13.4. The number of halogens is 2. The van der Waals surface area contributed by atoms with E-state index in [1.165, 1.54) is 29.5 Å². The Labute approximate surface area is 155 Å². The molecule has 0 amide bonds. The van der Waals surface area contributed by atoms with Crippen molar-refractivity contribution >= 4 is 45.2 Å². The third-order valence-electron chi connectivity index (χ3n) is 3.57. The predicted octanol–water partition coefficient (Wildman–Crippen LogP) is 5.34. The minimum absolute atomic E-state index is 0.0332. The van der Waals surface area contributed by atoms with Crippen LogP contribution in [0.15, 0.2) is 48.7 Å².